The Kier molecular flexibility index (Phi) is 5.25. The number of ether oxygens (including phenoxy) is 1. The second-order valence-corrected chi connectivity index (χ2v) is 9.57. The summed E-state index contributed by atoms with van der Waals surface area (Å²) in [6.45, 7) is 4.18. The van der Waals surface area contributed by atoms with Gasteiger partial charge in [-0.2, -0.15) is 0 Å². The van der Waals surface area contributed by atoms with Crippen LogP contribution in [0.25, 0.3) is 0 Å². The Morgan fingerprint density at radius 3 is 2.88 bits per heavy atom. The summed E-state index contributed by atoms with van der Waals surface area (Å²) in [6.07, 6.45) is 3.54. The van der Waals surface area contributed by atoms with Crippen LogP contribution >= 0.6 is 11.6 Å². The lowest BCUT2D eigenvalue weighted by Gasteiger charge is -2.53. The number of piperazine rings is 1. The smallest absolute Gasteiger partial charge is 0.276 e. The standard InChI is InChI=1S/C23H24ClF2N3O4/c1-11-10-33-23-7-3-4-16(23)28-9-14(20(30)21(31)19(28)22(32)29(11)23)12(2)27-8-13-5-6-15(25)17(24)18(13)26/h5-6,8,11-12,14,16,31H,3-4,7,9-10H2,1-2H3/t11-,12?,14?,16+,23+/m1/s1. The van der Waals surface area contributed by atoms with Gasteiger partial charge in [0.05, 0.1) is 30.7 Å². The molecular weight excluding hydrogens is 456 g/mol. The van der Waals surface area contributed by atoms with Gasteiger partial charge in [0, 0.05) is 18.3 Å². The zero-order valence-electron chi connectivity index (χ0n) is 18.2. The first-order valence-electron chi connectivity index (χ1n) is 11.1. The lowest BCUT2D eigenvalue weighted by molar-refractivity contribution is -0.174. The zero-order chi connectivity index (χ0) is 23.7. The Balaban J connectivity index is 1.46. The van der Waals surface area contributed by atoms with Crippen LogP contribution < -0.4 is 0 Å². The summed E-state index contributed by atoms with van der Waals surface area (Å²) in [5.74, 6) is -4.08. The van der Waals surface area contributed by atoms with E-state index in [9.17, 15) is 23.5 Å². The highest BCUT2D eigenvalue weighted by Gasteiger charge is 2.64. The van der Waals surface area contributed by atoms with E-state index in [2.05, 4.69) is 4.99 Å². The van der Waals surface area contributed by atoms with Crippen molar-refractivity contribution in [3.63, 3.8) is 0 Å². The number of aliphatic imine (C=N–C) groups is 1. The molecule has 176 valence electrons. The van der Waals surface area contributed by atoms with Crippen molar-refractivity contribution in [3.8, 4) is 0 Å². The van der Waals surface area contributed by atoms with Crippen LogP contribution in [0.3, 0.4) is 0 Å². The molecule has 5 rings (SSSR count). The minimum Gasteiger partial charge on any atom is -0.503 e. The highest BCUT2D eigenvalue weighted by molar-refractivity contribution is 6.31. The van der Waals surface area contributed by atoms with Gasteiger partial charge >= 0.3 is 0 Å². The molecule has 1 N–H and O–H groups in total. The molecule has 2 saturated heterocycles. The Hall–Kier alpha value is -2.52. The highest BCUT2D eigenvalue weighted by Crippen LogP contribution is 2.50. The molecule has 1 aromatic rings. The van der Waals surface area contributed by atoms with Crippen molar-refractivity contribution in [2.45, 2.75) is 57.0 Å². The van der Waals surface area contributed by atoms with Gasteiger partial charge < -0.3 is 19.6 Å². The Morgan fingerprint density at radius 2 is 2.12 bits per heavy atom. The summed E-state index contributed by atoms with van der Waals surface area (Å²) < 4.78 is 33.8. The normalized spacial score (nSPS) is 32.5. The fraction of sp³-hybridized carbons (Fsp3) is 0.522. The van der Waals surface area contributed by atoms with E-state index < -0.39 is 45.9 Å². The maximum absolute atomic E-state index is 14.2. The molecule has 33 heavy (non-hydrogen) atoms. The van der Waals surface area contributed by atoms with Crippen LogP contribution in [-0.2, 0) is 14.3 Å². The van der Waals surface area contributed by atoms with Crippen LogP contribution in [0.15, 0.2) is 28.6 Å². The third-order valence-corrected chi connectivity index (χ3v) is 7.67. The van der Waals surface area contributed by atoms with E-state index in [-0.39, 0.29) is 35.8 Å². The third kappa shape index (κ3) is 3.12. The topological polar surface area (TPSA) is 82.4 Å². The summed E-state index contributed by atoms with van der Waals surface area (Å²) >= 11 is 5.63. The molecule has 3 aliphatic heterocycles. The van der Waals surface area contributed by atoms with Gasteiger partial charge in [-0.1, -0.05) is 11.6 Å². The molecule has 10 heteroatoms. The number of hydrogen-bond donors (Lipinski definition) is 1. The van der Waals surface area contributed by atoms with E-state index in [0.29, 0.717) is 13.0 Å². The minimum absolute atomic E-state index is 0.0103. The first-order valence-corrected chi connectivity index (χ1v) is 11.4. The van der Waals surface area contributed by atoms with Crippen molar-refractivity contribution in [1.29, 1.82) is 0 Å². The number of benzene rings is 1. The van der Waals surface area contributed by atoms with Crippen LogP contribution in [0.1, 0.15) is 38.7 Å². The maximum Gasteiger partial charge on any atom is 0.276 e. The van der Waals surface area contributed by atoms with E-state index in [1.54, 1.807) is 11.8 Å². The second kappa shape index (κ2) is 7.77. The predicted octanol–water partition coefficient (Wildman–Crippen LogP) is 3.21. The molecule has 1 aromatic carbocycles. The summed E-state index contributed by atoms with van der Waals surface area (Å²) in [6, 6.07) is 1.30. The number of rotatable bonds is 3. The summed E-state index contributed by atoms with van der Waals surface area (Å²) in [5, 5.41) is 10.2. The summed E-state index contributed by atoms with van der Waals surface area (Å²) in [5.41, 5.74) is -0.723. The molecule has 4 aliphatic rings. The monoisotopic (exact) mass is 479 g/mol. The third-order valence-electron chi connectivity index (χ3n) is 7.33. The fourth-order valence-corrected chi connectivity index (χ4v) is 5.87. The van der Waals surface area contributed by atoms with Crippen molar-refractivity contribution in [2.75, 3.05) is 13.2 Å². The number of fused-ring (bicyclic) bond motifs is 2. The molecule has 3 fully saturated rings. The first kappa shape index (κ1) is 22.3. The van der Waals surface area contributed by atoms with Crippen molar-refractivity contribution >= 4 is 29.5 Å². The summed E-state index contributed by atoms with van der Waals surface area (Å²) in [7, 11) is 0. The SMILES string of the molecule is CC(N=Cc1ccc(F)c(Cl)c1F)C1CN2C(=C(O)C1=O)C(=O)N1[C@H](C)CO[C@]13CCC[C@H]23. The Morgan fingerprint density at radius 1 is 1.36 bits per heavy atom. The van der Waals surface area contributed by atoms with Crippen molar-refractivity contribution in [1.82, 2.24) is 9.80 Å². The molecule has 1 aliphatic carbocycles. The highest BCUT2D eigenvalue weighted by atomic mass is 35.5. The number of hydrogen-bond acceptors (Lipinski definition) is 6. The molecule has 1 amide bonds. The molecular formula is C23H24ClF2N3O4. The molecule has 1 saturated carbocycles. The van der Waals surface area contributed by atoms with E-state index in [0.717, 1.165) is 18.9 Å². The van der Waals surface area contributed by atoms with E-state index >= 15 is 0 Å². The molecule has 0 bridgehead atoms. The van der Waals surface area contributed by atoms with Gasteiger partial charge in [-0.15, -0.1) is 0 Å². The number of amides is 1. The molecule has 0 aromatic heterocycles. The molecule has 3 heterocycles. The number of aliphatic hydroxyl groups excluding tert-OH is 1. The van der Waals surface area contributed by atoms with Gasteiger partial charge in [-0.25, -0.2) is 8.78 Å². The molecule has 2 unspecified atom stereocenters. The van der Waals surface area contributed by atoms with Crippen molar-refractivity contribution in [3.05, 3.63) is 45.8 Å². The van der Waals surface area contributed by atoms with E-state index in [1.807, 2.05) is 11.8 Å². The average Bonchev–Trinajstić information content (AvgIpc) is 3.36. The van der Waals surface area contributed by atoms with Crippen molar-refractivity contribution < 1.29 is 28.2 Å². The number of nitrogens with zero attached hydrogens (tertiary/aromatic N) is 3. The number of carbonyl (C=O) groups excluding carboxylic acids is 2. The maximum atomic E-state index is 14.2. The molecule has 1 spiro atoms. The van der Waals surface area contributed by atoms with E-state index in [1.165, 1.54) is 12.3 Å². The zero-order valence-corrected chi connectivity index (χ0v) is 19.0. The Bertz CT molecular complexity index is 1110. The number of ketones is 1. The van der Waals surface area contributed by atoms with Gasteiger partial charge in [0.1, 0.15) is 16.5 Å². The average molecular weight is 480 g/mol. The van der Waals surface area contributed by atoms with Crippen LogP contribution in [0.2, 0.25) is 5.02 Å². The number of carbonyl (C=O) groups is 2. The summed E-state index contributed by atoms with van der Waals surface area (Å²) in [4.78, 5) is 34.2. The van der Waals surface area contributed by atoms with Crippen LogP contribution in [-0.4, -0.2) is 69.8 Å². The van der Waals surface area contributed by atoms with Crippen LogP contribution in [0.5, 0.6) is 0 Å². The van der Waals surface area contributed by atoms with Crippen LogP contribution in [0.4, 0.5) is 8.78 Å². The van der Waals surface area contributed by atoms with Gasteiger partial charge in [0.25, 0.3) is 5.91 Å². The first-order chi connectivity index (χ1) is 15.7. The number of allylic oxidation sites excluding steroid dienone is 1. The minimum atomic E-state index is -0.935. The number of halogens is 3. The number of Topliss-reactive ketones (excluding diaryl/α,β-unsaturated/α-hetero) is 1. The fourth-order valence-electron chi connectivity index (χ4n) is 5.69. The van der Waals surface area contributed by atoms with Crippen LogP contribution in [0, 0.1) is 17.6 Å². The largest absolute Gasteiger partial charge is 0.503 e. The molecule has 7 nitrogen and oxygen atoms in total. The van der Waals surface area contributed by atoms with Crippen molar-refractivity contribution in [2.24, 2.45) is 10.9 Å². The van der Waals surface area contributed by atoms with Gasteiger partial charge in [0.15, 0.2) is 17.3 Å². The molecule has 5 atom stereocenters. The Labute approximate surface area is 194 Å². The van der Waals surface area contributed by atoms with E-state index in [4.69, 9.17) is 16.3 Å². The predicted molar refractivity (Wildman–Crippen MR) is 116 cm³/mol. The number of aliphatic hydroxyl groups is 1. The van der Waals surface area contributed by atoms with Gasteiger partial charge in [0.2, 0.25) is 5.78 Å². The van der Waals surface area contributed by atoms with Gasteiger partial charge in [-0.3, -0.25) is 14.6 Å². The second-order valence-electron chi connectivity index (χ2n) is 9.19. The van der Waals surface area contributed by atoms with Gasteiger partial charge in [-0.05, 0) is 45.2 Å². The molecule has 0 radical (unpaired) electrons. The lowest BCUT2D eigenvalue weighted by Crippen LogP contribution is -2.68. The quantitative estimate of drug-likeness (QED) is 0.532. The lowest BCUT2D eigenvalue weighted by atomic mass is 9.86.